The molecule has 1 saturated heterocycles. The maximum absolute atomic E-state index is 13.1. The highest BCUT2D eigenvalue weighted by Crippen LogP contribution is 2.24. The molecule has 166 valence electrons. The molecule has 1 heterocycles. The van der Waals surface area contributed by atoms with Crippen LogP contribution in [-0.4, -0.2) is 17.8 Å². The molecule has 4 rings (SSSR count). The van der Waals surface area contributed by atoms with Crippen LogP contribution in [0.2, 0.25) is 5.02 Å². The lowest BCUT2D eigenvalue weighted by Gasteiger charge is -2.26. The molecule has 0 atom stereocenters. The highest BCUT2D eigenvalue weighted by molar-refractivity contribution is 6.39. The minimum Gasteiger partial charge on any atom is -0.489 e. The van der Waals surface area contributed by atoms with E-state index >= 15 is 0 Å². The van der Waals surface area contributed by atoms with Crippen LogP contribution in [-0.2, 0) is 22.6 Å². The van der Waals surface area contributed by atoms with Crippen molar-refractivity contribution in [1.29, 1.82) is 0 Å². The summed E-state index contributed by atoms with van der Waals surface area (Å²) in [6.07, 6.45) is 2.28. The Hall–Kier alpha value is -3.90. The number of ether oxygens (including phenoxy) is 1. The first-order chi connectivity index (χ1) is 15.9. The summed E-state index contributed by atoms with van der Waals surface area (Å²) in [4.78, 5) is 38.8. The molecule has 6 nitrogen and oxygen atoms in total. The van der Waals surface area contributed by atoms with Crippen molar-refractivity contribution in [3.8, 4) is 5.75 Å². The minimum atomic E-state index is -0.772. The van der Waals surface area contributed by atoms with Crippen LogP contribution in [0.4, 0.5) is 10.5 Å². The van der Waals surface area contributed by atoms with Gasteiger partial charge in [-0.2, -0.15) is 0 Å². The Bertz CT molecular complexity index is 1230. The van der Waals surface area contributed by atoms with Crippen LogP contribution >= 0.6 is 11.6 Å². The molecule has 33 heavy (non-hydrogen) atoms. The predicted molar refractivity (Wildman–Crippen MR) is 127 cm³/mol. The number of barbiturate groups is 1. The van der Waals surface area contributed by atoms with Crippen LogP contribution in [0.3, 0.4) is 0 Å². The molecule has 1 N–H and O–H groups in total. The monoisotopic (exact) mass is 460 g/mol. The number of benzene rings is 3. The van der Waals surface area contributed by atoms with Crippen LogP contribution in [0, 0.1) is 0 Å². The number of nitrogens with one attached hydrogen (secondary N) is 1. The van der Waals surface area contributed by atoms with Crippen molar-refractivity contribution in [2.45, 2.75) is 20.0 Å². The molecule has 0 saturated carbocycles. The number of carbonyl (C=O) groups excluding carboxylic acids is 3. The fraction of sp³-hybridized carbons (Fsp3) is 0.115. The lowest BCUT2D eigenvalue weighted by molar-refractivity contribution is -0.122. The van der Waals surface area contributed by atoms with Gasteiger partial charge in [-0.1, -0.05) is 54.9 Å². The van der Waals surface area contributed by atoms with Gasteiger partial charge in [-0.3, -0.25) is 14.9 Å². The number of carbonyl (C=O) groups is 3. The quantitative estimate of drug-likeness (QED) is 0.408. The van der Waals surface area contributed by atoms with Crippen LogP contribution in [0.25, 0.3) is 6.08 Å². The van der Waals surface area contributed by atoms with Gasteiger partial charge < -0.3 is 4.74 Å². The molecular weight excluding hydrogens is 440 g/mol. The number of amides is 4. The summed E-state index contributed by atoms with van der Waals surface area (Å²) < 4.78 is 5.82. The molecule has 1 fully saturated rings. The van der Waals surface area contributed by atoms with Crippen molar-refractivity contribution in [3.05, 3.63) is 100 Å². The number of urea groups is 1. The third kappa shape index (κ3) is 5.13. The van der Waals surface area contributed by atoms with Gasteiger partial charge in [0.05, 0.1) is 5.69 Å². The second kappa shape index (κ2) is 9.71. The fourth-order valence-corrected chi connectivity index (χ4v) is 3.51. The van der Waals surface area contributed by atoms with Crippen LogP contribution in [0.5, 0.6) is 5.75 Å². The molecule has 7 heteroatoms. The SMILES string of the molecule is CCc1ccc(N2C(=O)NC(=O)/C(=C/c3cccc(OCc4ccc(Cl)cc4)c3)C2=O)cc1. The Balaban J connectivity index is 1.55. The van der Waals surface area contributed by atoms with Crippen molar-refractivity contribution >= 4 is 41.2 Å². The second-order valence-corrected chi connectivity index (χ2v) is 7.90. The Morgan fingerprint density at radius 2 is 1.64 bits per heavy atom. The van der Waals surface area contributed by atoms with E-state index in [1.54, 1.807) is 48.5 Å². The molecule has 4 amide bonds. The van der Waals surface area contributed by atoms with Gasteiger partial charge in [0.1, 0.15) is 17.9 Å². The summed E-state index contributed by atoms with van der Waals surface area (Å²) in [6, 6.07) is 20.6. The zero-order valence-corrected chi connectivity index (χ0v) is 18.6. The van der Waals surface area contributed by atoms with E-state index in [-0.39, 0.29) is 5.57 Å². The molecule has 1 aliphatic rings. The van der Waals surface area contributed by atoms with E-state index < -0.39 is 17.8 Å². The smallest absolute Gasteiger partial charge is 0.335 e. The van der Waals surface area contributed by atoms with Gasteiger partial charge in [0.15, 0.2) is 0 Å². The number of rotatable bonds is 6. The fourth-order valence-electron chi connectivity index (χ4n) is 3.38. The molecule has 3 aromatic rings. The van der Waals surface area contributed by atoms with E-state index in [1.165, 1.54) is 6.08 Å². The third-order valence-corrected chi connectivity index (χ3v) is 5.44. The standard InChI is InChI=1S/C26H21ClN2O4/c1-2-17-8-12-21(13-9-17)29-25(31)23(24(30)28-26(29)32)15-19-4-3-5-22(14-19)33-16-18-6-10-20(27)11-7-18/h3-15H,2,16H2,1H3,(H,28,30,32)/b23-15-. The third-order valence-electron chi connectivity index (χ3n) is 5.19. The maximum Gasteiger partial charge on any atom is 0.335 e. The van der Waals surface area contributed by atoms with E-state index in [2.05, 4.69) is 5.32 Å². The van der Waals surface area contributed by atoms with E-state index in [9.17, 15) is 14.4 Å². The summed E-state index contributed by atoms with van der Waals surface area (Å²) in [5.41, 5.74) is 2.88. The minimum absolute atomic E-state index is 0.135. The van der Waals surface area contributed by atoms with E-state index in [4.69, 9.17) is 16.3 Å². The van der Waals surface area contributed by atoms with Gasteiger partial charge in [0, 0.05) is 5.02 Å². The zero-order valence-electron chi connectivity index (χ0n) is 17.9. The van der Waals surface area contributed by atoms with Crippen molar-refractivity contribution < 1.29 is 19.1 Å². The summed E-state index contributed by atoms with van der Waals surface area (Å²) in [7, 11) is 0. The number of imide groups is 2. The average Bonchev–Trinajstić information content (AvgIpc) is 2.82. The average molecular weight is 461 g/mol. The zero-order chi connectivity index (χ0) is 23.4. The highest BCUT2D eigenvalue weighted by Gasteiger charge is 2.36. The lowest BCUT2D eigenvalue weighted by atomic mass is 10.1. The van der Waals surface area contributed by atoms with Crippen molar-refractivity contribution in [2.75, 3.05) is 4.90 Å². The molecule has 0 spiro atoms. The lowest BCUT2D eigenvalue weighted by Crippen LogP contribution is -2.54. The predicted octanol–water partition coefficient (Wildman–Crippen LogP) is 5.15. The highest BCUT2D eigenvalue weighted by atomic mass is 35.5. The number of nitrogens with zero attached hydrogens (tertiary/aromatic N) is 1. The first-order valence-electron chi connectivity index (χ1n) is 10.4. The van der Waals surface area contributed by atoms with Crippen molar-refractivity contribution in [2.24, 2.45) is 0 Å². The number of anilines is 1. The topological polar surface area (TPSA) is 75.7 Å². The molecule has 0 aromatic heterocycles. The van der Waals surface area contributed by atoms with Gasteiger partial charge in [0.2, 0.25) is 0 Å². The maximum atomic E-state index is 13.1. The van der Waals surface area contributed by atoms with E-state index in [0.717, 1.165) is 22.4 Å². The Labute approximate surface area is 196 Å². The van der Waals surface area contributed by atoms with Crippen LogP contribution < -0.4 is 15.0 Å². The van der Waals surface area contributed by atoms with Gasteiger partial charge in [0.25, 0.3) is 11.8 Å². The Kier molecular flexibility index (Phi) is 6.56. The number of hydrogen-bond donors (Lipinski definition) is 1. The van der Waals surface area contributed by atoms with Gasteiger partial charge in [-0.15, -0.1) is 0 Å². The summed E-state index contributed by atoms with van der Waals surface area (Å²) in [5, 5.41) is 2.89. The molecule has 3 aromatic carbocycles. The van der Waals surface area contributed by atoms with Gasteiger partial charge in [-0.05, 0) is 65.6 Å². The second-order valence-electron chi connectivity index (χ2n) is 7.47. The molecule has 0 aliphatic carbocycles. The van der Waals surface area contributed by atoms with E-state index in [0.29, 0.717) is 28.6 Å². The molecule has 0 radical (unpaired) electrons. The van der Waals surface area contributed by atoms with Crippen molar-refractivity contribution in [1.82, 2.24) is 5.32 Å². The first-order valence-corrected chi connectivity index (χ1v) is 10.8. The molecule has 0 bridgehead atoms. The summed E-state index contributed by atoms with van der Waals surface area (Å²) in [6.45, 7) is 2.35. The van der Waals surface area contributed by atoms with Gasteiger partial charge >= 0.3 is 6.03 Å². The Morgan fingerprint density at radius 1 is 0.939 bits per heavy atom. The molecular formula is C26H21ClN2O4. The normalized spacial score (nSPS) is 15.0. The van der Waals surface area contributed by atoms with E-state index in [1.807, 2.05) is 31.2 Å². The first kappa shape index (κ1) is 22.3. The van der Waals surface area contributed by atoms with Gasteiger partial charge in [-0.25, -0.2) is 9.69 Å². The largest absolute Gasteiger partial charge is 0.489 e. The molecule has 1 aliphatic heterocycles. The van der Waals surface area contributed by atoms with Crippen LogP contribution in [0.15, 0.2) is 78.4 Å². The number of halogens is 1. The Morgan fingerprint density at radius 3 is 2.33 bits per heavy atom. The van der Waals surface area contributed by atoms with Crippen molar-refractivity contribution in [3.63, 3.8) is 0 Å². The summed E-state index contributed by atoms with van der Waals surface area (Å²) >= 11 is 5.91. The number of aryl methyl sites for hydroxylation is 1. The van der Waals surface area contributed by atoms with Crippen LogP contribution in [0.1, 0.15) is 23.6 Å². The summed E-state index contributed by atoms with van der Waals surface area (Å²) in [5.74, 6) is -0.842. The number of hydrogen-bond acceptors (Lipinski definition) is 4. The molecule has 0 unspecified atom stereocenters.